The van der Waals surface area contributed by atoms with Crippen LogP contribution in [0.4, 0.5) is 0 Å². The van der Waals surface area contributed by atoms with E-state index in [0.29, 0.717) is 18.0 Å². The van der Waals surface area contributed by atoms with Gasteiger partial charge in [0.2, 0.25) is 10.0 Å². The van der Waals surface area contributed by atoms with Gasteiger partial charge in [0, 0.05) is 19.7 Å². The second-order valence-corrected chi connectivity index (χ2v) is 7.86. The highest BCUT2D eigenvalue weighted by Crippen LogP contribution is 2.26. The van der Waals surface area contributed by atoms with Gasteiger partial charge >= 0.3 is 0 Å². The summed E-state index contributed by atoms with van der Waals surface area (Å²) in [6.45, 7) is 3.24. The van der Waals surface area contributed by atoms with Crippen LogP contribution in [0.5, 0.6) is 0 Å². The summed E-state index contributed by atoms with van der Waals surface area (Å²) in [6.07, 6.45) is 6.37. The molecule has 0 N–H and O–H groups in total. The SMILES string of the molecule is CCCCCc1ccc(S(=O)(=O)N2CCC[C@H]2COC)cc1. The van der Waals surface area contributed by atoms with E-state index in [4.69, 9.17) is 4.74 Å². The quantitative estimate of drug-likeness (QED) is 0.690. The van der Waals surface area contributed by atoms with Gasteiger partial charge in [0.15, 0.2) is 0 Å². The highest BCUT2D eigenvalue weighted by atomic mass is 32.2. The van der Waals surface area contributed by atoms with Gasteiger partial charge in [-0.3, -0.25) is 0 Å². The zero-order valence-corrected chi connectivity index (χ0v) is 14.4. The molecule has 5 heteroatoms. The van der Waals surface area contributed by atoms with Gasteiger partial charge in [-0.05, 0) is 43.4 Å². The first-order valence-corrected chi connectivity index (χ1v) is 9.63. The van der Waals surface area contributed by atoms with E-state index in [1.165, 1.54) is 18.4 Å². The summed E-state index contributed by atoms with van der Waals surface area (Å²) in [5, 5.41) is 0. The van der Waals surface area contributed by atoms with Gasteiger partial charge < -0.3 is 4.74 Å². The monoisotopic (exact) mass is 325 g/mol. The minimum Gasteiger partial charge on any atom is -0.383 e. The van der Waals surface area contributed by atoms with Gasteiger partial charge in [0.05, 0.1) is 11.5 Å². The van der Waals surface area contributed by atoms with Crippen LogP contribution in [0.3, 0.4) is 0 Å². The van der Waals surface area contributed by atoms with Crippen molar-refractivity contribution in [3.63, 3.8) is 0 Å². The van der Waals surface area contributed by atoms with Crippen molar-refractivity contribution in [1.29, 1.82) is 0 Å². The average Bonchev–Trinajstić information content (AvgIpc) is 2.98. The van der Waals surface area contributed by atoms with Gasteiger partial charge in [-0.1, -0.05) is 31.9 Å². The molecule has 2 rings (SSSR count). The third-order valence-electron chi connectivity index (χ3n) is 4.28. The molecule has 1 saturated heterocycles. The lowest BCUT2D eigenvalue weighted by atomic mass is 10.1. The van der Waals surface area contributed by atoms with Crippen molar-refractivity contribution in [3.05, 3.63) is 29.8 Å². The molecule has 1 aromatic carbocycles. The fourth-order valence-corrected chi connectivity index (χ4v) is 4.71. The number of methoxy groups -OCH3 is 1. The highest BCUT2D eigenvalue weighted by Gasteiger charge is 2.35. The Balaban J connectivity index is 2.09. The number of aryl methyl sites for hydroxylation is 1. The fraction of sp³-hybridized carbons (Fsp3) is 0.647. The molecule has 0 radical (unpaired) electrons. The largest absolute Gasteiger partial charge is 0.383 e. The minimum absolute atomic E-state index is 0.0285. The molecule has 4 nitrogen and oxygen atoms in total. The molecular formula is C17H27NO3S. The van der Waals surface area contributed by atoms with E-state index in [0.717, 1.165) is 25.7 Å². The first-order valence-electron chi connectivity index (χ1n) is 8.19. The number of hydrogen-bond donors (Lipinski definition) is 0. The Morgan fingerprint density at radius 1 is 1.23 bits per heavy atom. The predicted molar refractivity (Wildman–Crippen MR) is 88.5 cm³/mol. The molecule has 124 valence electrons. The number of benzene rings is 1. The number of sulfonamides is 1. The van der Waals surface area contributed by atoms with Crippen molar-refractivity contribution < 1.29 is 13.2 Å². The molecule has 1 atom stereocenters. The van der Waals surface area contributed by atoms with Crippen LogP contribution in [0.2, 0.25) is 0 Å². The van der Waals surface area contributed by atoms with Crippen LogP contribution < -0.4 is 0 Å². The fourth-order valence-electron chi connectivity index (χ4n) is 3.03. The second kappa shape index (κ2) is 8.09. The van der Waals surface area contributed by atoms with Crippen molar-refractivity contribution in [1.82, 2.24) is 4.31 Å². The average molecular weight is 325 g/mol. The number of nitrogens with zero attached hydrogens (tertiary/aromatic N) is 1. The Labute approximate surface area is 134 Å². The molecule has 0 aliphatic carbocycles. The first kappa shape index (κ1) is 17.4. The van der Waals surface area contributed by atoms with Gasteiger partial charge in [-0.15, -0.1) is 0 Å². The molecule has 1 fully saturated rings. The van der Waals surface area contributed by atoms with Crippen LogP contribution in [-0.4, -0.2) is 39.0 Å². The van der Waals surface area contributed by atoms with Gasteiger partial charge in [0.25, 0.3) is 0 Å². The lowest BCUT2D eigenvalue weighted by Gasteiger charge is -2.23. The topological polar surface area (TPSA) is 46.6 Å². The van der Waals surface area contributed by atoms with E-state index in [2.05, 4.69) is 6.92 Å². The van der Waals surface area contributed by atoms with Crippen LogP contribution in [0.15, 0.2) is 29.2 Å². The predicted octanol–water partition coefficient (Wildman–Crippen LogP) is 3.22. The summed E-state index contributed by atoms with van der Waals surface area (Å²) in [6, 6.07) is 7.37. The summed E-state index contributed by atoms with van der Waals surface area (Å²) in [5.41, 5.74) is 1.21. The van der Waals surface area contributed by atoms with Crippen molar-refractivity contribution in [2.75, 3.05) is 20.3 Å². The zero-order valence-electron chi connectivity index (χ0n) is 13.6. The Morgan fingerprint density at radius 3 is 2.59 bits per heavy atom. The summed E-state index contributed by atoms with van der Waals surface area (Å²) in [4.78, 5) is 0.398. The van der Waals surface area contributed by atoms with Crippen LogP contribution >= 0.6 is 0 Å². The molecule has 1 heterocycles. The molecule has 1 aromatic rings. The maximum absolute atomic E-state index is 12.8. The Bertz CT molecular complexity index is 554. The van der Waals surface area contributed by atoms with Crippen molar-refractivity contribution >= 4 is 10.0 Å². The van der Waals surface area contributed by atoms with E-state index in [1.54, 1.807) is 23.5 Å². The zero-order chi connectivity index (χ0) is 16.0. The molecule has 22 heavy (non-hydrogen) atoms. The van der Waals surface area contributed by atoms with E-state index in [-0.39, 0.29) is 6.04 Å². The Morgan fingerprint density at radius 2 is 1.95 bits per heavy atom. The summed E-state index contributed by atoms with van der Waals surface area (Å²) in [5.74, 6) is 0. The standard InChI is InChI=1S/C17H27NO3S/c1-3-4-5-7-15-9-11-17(12-10-15)22(19,20)18-13-6-8-16(18)14-21-2/h9-12,16H,3-8,13-14H2,1-2H3/t16-/m0/s1. The third-order valence-corrected chi connectivity index (χ3v) is 6.25. The molecule has 0 amide bonds. The first-order chi connectivity index (χ1) is 10.6. The summed E-state index contributed by atoms with van der Waals surface area (Å²) < 4.78 is 32.3. The lowest BCUT2D eigenvalue weighted by molar-refractivity contribution is 0.149. The Kier molecular flexibility index (Phi) is 6.41. The molecule has 0 bridgehead atoms. The number of hydrogen-bond acceptors (Lipinski definition) is 3. The van der Waals surface area contributed by atoms with Crippen LogP contribution in [0.25, 0.3) is 0 Å². The van der Waals surface area contributed by atoms with Crippen LogP contribution in [0, 0.1) is 0 Å². The van der Waals surface area contributed by atoms with Gasteiger partial charge in [0.1, 0.15) is 0 Å². The minimum atomic E-state index is -3.40. The van der Waals surface area contributed by atoms with E-state index >= 15 is 0 Å². The number of unbranched alkanes of at least 4 members (excludes halogenated alkanes) is 2. The highest BCUT2D eigenvalue weighted by molar-refractivity contribution is 7.89. The summed E-state index contributed by atoms with van der Waals surface area (Å²) in [7, 11) is -1.78. The van der Waals surface area contributed by atoms with Crippen molar-refractivity contribution in [3.8, 4) is 0 Å². The van der Waals surface area contributed by atoms with Crippen molar-refractivity contribution in [2.45, 2.75) is 56.4 Å². The molecule has 0 saturated carbocycles. The van der Waals surface area contributed by atoms with Crippen LogP contribution in [0.1, 0.15) is 44.6 Å². The smallest absolute Gasteiger partial charge is 0.243 e. The molecular weight excluding hydrogens is 298 g/mol. The maximum atomic E-state index is 12.8. The van der Waals surface area contributed by atoms with Gasteiger partial charge in [-0.2, -0.15) is 4.31 Å². The molecule has 1 aliphatic heterocycles. The lowest BCUT2D eigenvalue weighted by Crippen LogP contribution is -2.38. The molecule has 0 spiro atoms. The number of rotatable bonds is 8. The van der Waals surface area contributed by atoms with Crippen molar-refractivity contribution in [2.24, 2.45) is 0 Å². The maximum Gasteiger partial charge on any atom is 0.243 e. The molecule has 0 aromatic heterocycles. The third kappa shape index (κ3) is 4.09. The molecule has 0 unspecified atom stereocenters. The van der Waals surface area contributed by atoms with Gasteiger partial charge in [-0.25, -0.2) is 8.42 Å². The second-order valence-electron chi connectivity index (χ2n) is 5.97. The van der Waals surface area contributed by atoms with E-state index in [9.17, 15) is 8.42 Å². The number of ether oxygens (including phenoxy) is 1. The molecule has 1 aliphatic rings. The Hall–Kier alpha value is -0.910. The summed E-state index contributed by atoms with van der Waals surface area (Å²) >= 11 is 0. The van der Waals surface area contributed by atoms with E-state index < -0.39 is 10.0 Å². The normalized spacial score (nSPS) is 19.6. The van der Waals surface area contributed by atoms with Crippen LogP contribution in [-0.2, 0) is 21.2 Å². The van der Waals surface area contributed by atoms with E-state index in [1.807, 2.05) is 12.1 Å².